The number of anilines is 2. The highest BCUT2D eigenvalue weighted by Crippen LogP contribution is 2.16. The van der Waals surface area contributed by atoms with Gasteiger partial charge in [-0.1, -0.05) is 18.2 Å². The van der Waals surface area contributed by atoms with Crippen molar-refractivity contribution in [1.82, 2.24) is 10.2 Å². The van der Waals surface area contributed by atoms with Gasteiger partial charge in [-0.25, -0.2) is 9.59 Å². The maximum Gasteiger partial charge on any atom is 0.411 e. The van der Waals surface area contributed by atoms with Gasteiger partial charge >= 0.3 is 12.1 Å². The zero-order valence-electron chi connectivity index (χ0n) is 14.8. The summed E-state index contributed by atoms with van der Waals surface area (Å²) in [7, 11) is 1.30. The van der Waals surface area contributed by atoms with Crippen molar-refractivity contribution in [3.63, 3.8) is 0 Å². The van der Waals surface area contributed by atoms with Gasteiger partial charge < -0.3 is 15.4 Å². The maximum absolute atomic E-state index is 12.2. The molecule has 0 spiro atoms. The molecule has 1 heterocycles. The monoisotopic (exact) mass is 346 g/mol. The standard InChI is InChI=1S/C18H26N4O3/c1-13(2)12-22-9-7-14(8-10-22)19-17(23)20-15-5-4-6-16(11-15)21-18(24)25-3/h4-6,11,14H,1,7-10,12H2,2-3H3,(H,21,24)(H2,19,20,23). The van der Waals surface area contributed by atoms with Gasteiger partial charge in [-0.3, -0.25) is 10.2 Å². The summed E-state index contributed by atoms with van der Waals surface area (Å²) in [5.41, 5.74) is 2.31. The fraction of sp³-hybridized carbons (Fsp3) is 0.444. The summed E-state index contributed by atoms with van der Waals surface area (Å²) in [4.78, 5) is 25.7. The van der Waals surface area contributed by atoms with E-state index < -0.39 is 6.09 Å². The maximum atomic E-state index is 12.2. The largest absolute Gasteiger partial charge is 0.453 e. The average Bonchev–Trinajstić information content (AvgIpc) is 2.56. The number of amides is 3. The predicted octanol–water partition coefficient (Wildman–Crippen LogP) is 3.03. The molecule has 0 saturated carbocycles. The SMILES string of the molecule is C=C(C)CN1CCC(NC(=O)Nc2cccc(NC(=O)OC)c2)CC1. The van der Waals surface area contributed by atoms with Crippen LogP contribution in [0.4, 0.5) is 21.0 Å². The van der Waals surface area contributed by atoms with Crippen LogP contribution in [0.15, 0.2) is 36.4 Å². The average molecular weight is 346 g/mol. The Morgan fingerprint density at radius 1 is 1.24 bits per heavy atom. The van der Waals surface area contributed by atoms with Crippen LogP contribution >= 0.6 is 0 Å². The van der Waals surface area contributed by atoms with Crippen LogP contribution in [0, 0.1) is 0 Å². The topological polar surface area (TPSA) is 82.7 Å². The lowest BCUT2D eigenvalue weighted by atomic mass is 10.0. The van der Waals surface area contributed by atoms with Crippen LogP contribution in [-0.2, 0) is 4.74 Å². The van der Waals surface area contributed by atoms with Gasteiger partial charge in [0.1, 0.15) is 0 Å². The first-order valence-electron chi connectivity index (χ1n) is 8.35. The Morgan fingerprint density at radius 2 is 1.88 bits per heavy atom. The van der Waals surface area contributed by atoms with E-state index in [1.807, 2.05) is 6.92 Å². The van der Waals surface area contributed by atoms with Crippen LogP contribution in [0.1, 0.15) is 19.8 Å². The molecule has 25 heavy (non-hydrogen) atoms. The minimum Gasteiger partial charge on any atom is -0.453 e. The third-order valence-electron chi connectivity index (χ3n) is 3.97. The number of urea groups is 1. The molecular formula is C18H26N4O3. The molecule has 7 nitrogen and oxygen atoms in total. The summed E-state index contributed by atoms with van der Waals surface area (Å²) in [5, 5.41) is 8.36. The number of carbonyl (C=O) groups excluding carboxylic acids is 2. The van der Waals surface area contributed by atoms with Crippen LogP contribution in [0.3, 0.4) is 0 Å². The van der Waals surface area contributed by atoms with Crippen molar-refractivity contribution >= 4 is 23.5 Å². The molecule has 1 aromatic carbocycles. The number of hydrogen-bond donors (Lipinski definition) is 3. The Bertz CT molecular complexity index is 625. The number of likely N-dealkylation sites (tertiary alicyclic amines) is 1. The highest BCUT2D eigenvalue weighted by Gasteiger charge is 2.20. The van der Waals surface area contributed by atoms with Crippen molar-refractivity contribution < 1.29 is 14.3 Å². The summed E-state index contributed by atoms with van der Waals surface area (Å²) in [6.07, 6.45) is 1.29. The van der Waals surface area contributed by atoms with Crippen LogP contribution < -0.4 is 16.0 Å². The van der Waals surface area contributed by atoms with Gasteiger partial charge in [-0.15, -0.1) is 0 Å². The van der Waals surface area contributed by atoms with Crippen molar-refractivity contribution in [3.05, 3.63) is 36.4 Å². The van der Waals surface area contributed by atoms with Gasteiger partial charge in [0.05, 0.1) is 7.11 Å². The highest BCUT2D eigenvalue weighted by atomic mass is 16.5. The van der Waals surface area contributed by atoms with E-state index >= 15 is 0 Å². The third kappa shape index (κ3) is 6.46. The first kappa shape index (κ1) is 18.8. The molecule has 1 aromatic rings. The Balaban J connectivity index is 1.80. The van der Waals surface area contributed by atoms with Crippen molar-refractivity contribution in [2.75, 3.05) is 37.4 Å². The molecule has 0 atom stereocenters. The van der Waals surface area contributed by atoms with Crippen molar-refractivity contribution in [2.45, 2.75) is 25.8 Å². The molecule has 1 aliphatic heterocycles. The Morgan fingerprint density at radius 3 is 2.48 bits per heavy atom. The summed E-state index contributed by atoms with van der Waals surface area (Å²) in [6.45, 7) is 8.79. The summed E-state index contributed by atoms with van der Waals surface area (Å²) in [6, 6.07) is 6.82. The van der Waals surface area contributed by atoms with Gasteiger partial charge in [-0.2, -0.15) is 0 Å². The Kier molecular flexibility index (Phi) is 6.82. The van der Waals surface area contributed by atoms with Gasteiger partial charge in [0.2, 0.25) is 0 Å². The summed E-state index contributed by atoms with van der Waals surface area (Å²) in [5.74, 6) is 0. The molecule has 0 aliphatic carbocycles. The molecule has 1 aliphatic rings. The lowest BCUT2D eigenvalue weighted by Gasteiger charge is -2.32. The summed E-state index contributed by atoms with van der Waals surface area (Å²) < 4.78 is 4.55. The molecule has 7 heteroatoms. The van der Waals surface area contributed by atoms with E-state index in [4.69, 9.17) is 0 Å². The number of nitrogens with zero attached hydrogens (tertiary/aromatic N) is 1. The van der Waals surface area contributed by atoms with Crippen molar-refractivity contribution in [2.24, 2.45) is 0 Å². The normalized spacial score (nSPS) is 15.3. The second kappa shape index (κ2) is 9.08. The van der Waals surface area contributed by atoms with Crippen LogP contribution in [0.25, 0.3) is 0 Å². The fourth-order valence-electron chi connectivity index (χ4n) is 2.81. The van der Waals surface area contributed by atoms with Crippen LogP contribution in [0.5, 0.6) is 0 Å². The fourth-order valence-corrected chi connectivity index (χ4v) is 2.81. The van der Waals surface area contributed by atoms with E-state index in [-0.39, 0.29) is 12.1 Å². The van der Waals surface area contributed by atoms with Crippen LogP contribution in [0.2, 0.25) is 0 Å². The highest BCUT2D eigenvalue weighted by molar-refractivity contribution is 5.91. The number of methoxy groups -OCH3 is 1. The molecule has 3 N–H and O–H groups in total. The number of nitrogens with one attached hydrogen (secondary N) is 3. The lowest BCUT2D eigenvalue weighted by molar-refractivity contribution is 0.187. The van der Waals surface area contributed by atoms with Gasteiger partial charge in [-0.05, 0) is 38.0 Å². The van der Waals surface area contributed by atoms with E-state index in [0.717, 1.165) is 38.0 Å². The molecule has 0 bridgehead atoms. The van der Waals surface area contributed by atoms with E-state index in [1.54, 1.807) is 24.3 Å². The van der Waals surface area contributed by atoms with E-state index in [0.29, 0.717) is 11.4 Å². The molecule has 1 saturated heterocycles. The Hall–Kier alpha value is -2.54. The number of benzene rings is 1. The molecule has 1 fully saturated rings. The zero-order valence-corrected chi connectivity index (χ0v) is 14.8. The first-order valence-corrected chi connectivity index (χ1v) is 8.35. The second-order valence-corrected chi connectivity index (χ2v) is 6.30. The van der Waals surface area contributed by atoms with E-state index in [1.165, 1.54) is 7.11 Å². The van der Waals surface area contributed by atoms with Gasteiger partial charge in [0.25, 0.3) is 0 Å². The first-order chi connectivity index (χ1) is 12.0. The van der Waals surface area contributed by atoms with Gasteiger partial charge in [0, 0.05) is 37.1 Å². The molecule has 0 radical (unpaired) electrons. The third-order valence-corrected chi connectivity index (χ3v) is 3.97. The number of piperidine rings is 1. The predicted molar refractivity (Wildman–Crippen MR) is 98.9 cm³/mol. The lowest BCUT2D eigenvalue weighted by Crippen LogP contribution is -2.46. The molecular weight excluding hydrogens is 320 g/mol. The Labute approximate surface area is 148 Å². The minimum atomic E-state index is -0.553. The van der Waals surface area contributed by atoms with Crippen LogP contribution in [-0.4, -0.2) is 49.8 Å². The minimum absolute atomic E-state index is 0.165. The number of carbonyl (C=O) groups is 2. The number of hydrogen-bond acceptors (Lipinski definition) is 4. The quantitative estimate of drug-likeness (QED) is 0.716. The molecule has 136 valence electrons. The molecule has 3 amide bonds. The zero-order chi connectivity index (χ0) is 18.2. The van der Waals surface area contributed by atoms with Gasteiger partial charge in [0.15, 0.2) is 0 Å². The van der Waals surface area contributed by atoms with Crippen molar-refractivity contribution in [3.8, 4) is 0 Å². The smallest absolute Gasteiger partial charge is 0.411 e. The van der Waals surface area contributed by atoms with Crippen molar-refractivity contribution in [1.29, 1.82) is 0 Å². The molecule has 2 rings (SSSR count). The molecule has 0 unspecified atom stereocenters. The second-order valence-electron chi connectivity index (χ2n) is 6.30. The number of rotatable bonds is 5. The number of ether oxygens (including phenoxy) is 1. The summed E-state index contributed by atoms with van der Waals surface area (Å²) >= 11 is 0. The van der Waals surface area contributed by atoms with E-state index in [2.05, 4.69) is 32.2 Å². The van der Waals surface area contributed by atoms with E-state index in [9.17, 15) is 9.59 Å². The molecule has 0 aromatic heterocycles.